The molecular weight excluding hydrogens is 298 g/mol. The number of fused-ring (bicyclic) bond motifs is 1. The fraction of sp³-hybridized carbons (Fsp3) is 0.0500. The minimum absolute atomic E-state index is 0.0340. The maximum atomic E-state index is 13.1. The Morgan fingerprint density at radius 2 is 1.38 bits per heavy atom. The average Bonchev–Trinajstić information content (AvgIpc) is 2.89. The standard InChI is InChI=1S/C20H17N3O/c21-15-11-17-20(24)18(13-7-3-1-4-8-13)19(23(17)12-16(15)22)14-9-5-2-6-10-14/h1-12,17H,21-22H2. The van der Waals surface area contributed by atoms with Crippen LogP contribution in [-0.4, -0.2) is 16.7 Å². The molecular formula is C20H17N3O. The molecule has 4 nitrogen and oxygen atoms in total. The number of rotatable bonds is 2. The van der Waals surface area contributed by atoms with E-state index in [1.165, 1.54) is 0 Å². The minimum Gasteiger partial charge on any atom is -0.397 e. The third-order valence-electron chi connectivity index (χ3n) is 4.37. The number of Topliss-reactive ketones (excluding diaryl/α,β-unsaturated/α-hetero) is 1. The lowest BCUT2D eigenvalue weighted by Crippen LogP contribution is -2.34. The molecule has 0 radical (unpaired) electrons. The molecule has 0 bridgehead atoms. The number of ketones is 1. The van der Waals surface area contributed by atoms with Gasteiger partial charge in [0.15, 0.2) is 5.78 Å². The van der Waals surface area contributed by atoms with Gasteiger partial charge in [-0.1, -0.05) is 60.7 Å². The predicted octanol–water partition coefficient (Wildman–Crippen LogP) is 2.46. The van der Waals surface area contributed by atoms with Crippen molar-refractivity contribution in [1.82, 2.24) is 4.90 Å². The summed E-state index contributed by atoms with van der Waals surface area (Å²) in [5, 5.41) is 0. The molecule has 0 amide bonds. The zero-order valence-electron chi connectivity index (χ0n) is 13.0. The fourth-order valence-corrected chi connectivity index (χ4v) is 3.22. The third kappa shape index (κ3) is 2.12. The molecule has 0 fully saturated rings. The molecule has 0 aliphatic carbocycles. The van der Waals surface area contributed by atoms with Crippen molar-refractivity contribution >= 4 is 17.1 Å². The van der Waals surface area contributed by atoms with Crippen molar-refractivity contribution in [2.75, 3.05) is 0 Å². The van der Waals surface area contributed by atoms with Crippen LogP contribution in [0.15, 0.2) is 84.3 Å². The summed E-state index contributed by atoms with van der Waals surface area (Å²) >= 11 is 0. The Morgan fingerprint density at radius 3 is 2.00 bits per heavy atom. The Balaban J connectivity index is 1.97. The van der Waals surface area contributed by atoms with Crippen molar-refractivity contribution in [3.63, 3.8) is 0 Å². The molecule has 0 saturated carbocycles. The van der Waals surface area contributed by atoms with Crippen LogP contribution in [-0.2, 0) is 4.79 Å². The van der Waals surface area contributed by atoms with Gasteiger partial charge in [0.1, 0.15) is 6.04 Å². The van der Waals surface area contributed by atoms with Crippen LogP contribution in [0.2, 0.25) is 0 Å². The van der Waals surface area contributed by atoms with E-state index in [-0.39, 0.29) is 5.78 Å². The quantitative estimate of drug-likeness (QED) is 0.893. The lowest BCUT2D eigenvalue weighted by molar-refractivity contribution is -0.115. The summed E-state index contributed by atoms with van der Waals surface area (Å²) in [6, 6.07) is 19.2. The normalized spacial score (nSPS) is 19.9. The van der Waals surface area contributed by atoms with Gasteiger partial charge in [0.05, 0.1) is 22.7 Å². The summed E-state index contributed by atoms with van der Waals surface area (Å²) in [6.45, 7) is 0. The minimum atomic E-state index is -0.442. The van der Waals surface area contributed by atoms with E-state index in [2.05, 4.69) is 0 Å². The second-order valence-electron chi connectivity index (χ2n) is 5.88. The van der Waals surface area contributed by atoms with Gasteiger partial charge < -0.3 is 16.4 Å². The van der Waals surface area contributed by atoms with Gasteiger partial charge in [0.25, 0.3) is 0 Å². The third-order valence-corrected chi connectivity index (χ3v) is 4.37. The van der Waals surface area contributed by atoms with Crippen LogP contribution >= 0.6 is 0 Å². The molecule has 2 heterocycles. The SMILES string of the molecule is NC1=CC2C(=O)C(c3ccccc3)=C(c3ccccc3)N2C=C1N. The van der Waals surface area contributed by atoms with Crippen LogP contribution in [0.1, 0.15) is 11.1 Å². The van der Waals surface area contributed by atoms with Gasteiger partial charge in [-0.15, -0.1) is 0 Å². The Hall–Kier alpha value is -3.27. The first-order valence-electron chi connectivity index (χ1n) is 7.79. The first-order chi connectivity index (χ1) is 11.7. The monoisotopic (exact) mass is 315 g/mol. The summed E-state index contributed by atoms with van der Waals surface area (Å²) in [6.07, 6.45) is 3.49. The van der Waals surface area contributed by atoms with Crippen molar-refractivity contribution in [2.24, 2.45) is 11.5 Å². The smallest absolute Gasteiger partial charge is 0.192 e. The Labute approximate surface area is 140 Å². The molecule has 2 aromatic rings. The van der Waals surface area contributed by atoms with Crippen molar-refractivity contribution in [3.8, 4) is 0 Å². The van der Waals surface area contributed by atoms with E-state index >= 15 is 0 Å². The van der Waals surface area contributed by atoms with E-state index in [9.17, 15) is 4.79 Å². The van der Waals surface area contributed by atoms with E-state index in [0.29, 0.717) is 17.0 Å². The van der Waals surface area contributed by atoms with Gasteiger partial charge in [-0.25, -0.2) is 0 Å². The van der Waals surface area contributed by atoms with Gasteiger partial charge in [0.2, 0.25) is 0 Å². The highest BCUT2D eigenvalue weighted by Gasteiger charge is 2.40. The molecule has 4 N–H and O–H groups in total. The molecule has 4 rings (SSSR count). The predicted molar refractivity (Wildman–Crippen MR) is 94.9 cm³/mol. The molecule has 24 heavy (non-hydrogen) atoms. The van der Waals surface area contributed by atoms with Gasteiger partial charge in [-0.2, -0.15) is 0 Å². The molecule has 2 aliphatic rings. The Kier molecular flexibility index (Phi) is 3.24. The highest BCUT2D eigenvalue weighted by molar-refractivity contribution is 6.33. The second kappa shape index (κ2) is 5.42. The molecule has 0 saturated heterocycles. The van der Waals surface area contributed by atoms with E-state index < -0.39 is 6.04 Å². The average molecular weight is 315 g/mol. The maximum Gasteiger partial charge on any atom is 0.192 e. The first kappa shape index (κ1) is 14.3. The molecule has 4 heteroatoms. The van der Waals surface area contributed by atoms with E-state index in [1.807, 2.05) is 65.6 Å². The number of nitrogens with zero attached hydrogens (tertiary/aromatic N) is 1. The largest absolute Gasteiger partial charge is 0.397 e. The highest BCUT2D eigenvalue weighted by Crippen LogP contribution is 2.41. The van der Waals surface area contributed by atoms with Gasteiger partial charge >= 0.3 is 0 Å². The van der Waals surface area contributed by atoms with E-state index in [4.69, 9.17) is 11.5 Å². The van der Waals surface area contributed by atoms with Gasteiger partial charge in [-0.05, 0) is 17.2 Å². The summed E-state index contributed by atoms with van der Waals surface area (Å²) in [5.74, 6) is 0.0340. The van der Waals surface area contributed by atoms with Gasteiger partial charge in [-0.3, -0.25) is 4.79 Å². The second-order valence-corrected chi connectivity index (χ2v) is 5.88. The lowest BCUT2D eigenvalue weighted by Gasteiger charge is -2.27. The summed E-state index contributed by atoms with van der Waals surface area (Å²) < 4.78 is 0. The molecule has 118 valence electrons. The van der Waals surface area contributed by atoms with Crippen molar-refractivity contribution in [1.29, 1.82) is 0 Å². The number of benzene rings is 2. The van der Waals surface area contributed by atoms with Crippen LogP contribution in [0.4, 0.5) is 0 Å². The molecule has 2 aliphatic heterocycles. The number of carbonyl (C=O) groups is 1. The number of nitrogens with two attached hydrogens (primary N) is 2. The first-order valence-corrected chi connectivity index (χ1v) is 7.79. The van der Waals surface area contributed by atoms with E-state index in [1.54, 1.807) is 12.3 Å². The van der Waals surface area contributed by atoms with Crippen LogP contribution in [0.5, 0.6) is 0 Å². The van der Waals surface area contributed by atoms with Crippen LogP contribution in [0, 0.1) is 0 Å². The molecule has 0 aromatic heterocycles. The number of hydrogen-bond acceptors (Lipinski definition) is 4. The topological polar surface area (TPSA) is 72.4 Å². The number of carbonyl (C=O) groups excluding carboxylic acids is 1. The summed E-state index contributed by atoms with van der Waals surface area (Å²) in [7, 11) is 0. The van der Waals surface area contributed by atoms with Crippen LogP contribution < -0.4 is 11.5 Å². The van der Waals surface area contributed by atoms with Crippen molar-refractivity contribution < 1.29 is 4.79 Å². The van der Waals surface area contributed by atoms with Crippen LogP contribution in [0.25, 0.3) is 11.3 Å². The van der Waals surface area contributed by atoms with Crippen LogP contribution in [0.3, 0.4) is 0 Å². The summed E-state index contributed by atoms with van der Waals surface area (Å²) in [4.78, 5) is 15.0. The molecule has 1 unspecified atom stereocenters. The highest BCUT2D eigenvalue weighted by atomic mass is 16.1. The zero-order chi connectivity index (χ0) is 16.7. The Morgan fingerprint density at radius 1 is 0.792 bits per heavy atom. The molecule has 0 spiro atoms. The Bertz CT molecular complexity index is 895. The summed E-state index contributed by atoms with van der Waals surface area (Å²) in [5.41, 5.74) is 16.3. The van der Waals surface area contributed by atoms with Crippen molar-refractivity contribution in [3.05, 3.63) is 95.5 Å². The fourth-order valence-electron chi connectivity index (χ4n) is 3.22. The number of hydrogen-bond donors (Lipinski definition) is 2. The lowest BCUT2D eigenvalue weighted by atomic mass is 9.97. The van der Waals surface area contributed by atoms with Crippen molar-refractivity contribution in [2.45, 2.75) is 6.04 Å². The zero-order valence-corrected chi connectivity index (χ0v) is 13.0. The van der Waals surface area contributed by atoms with Gasteiger partial charge in [0, 0.05) is 6.20 Å². The maximum absolute atomic E-state index is 13.1. The molecule has 1 atom stereocenters. The molecule has 2 aromatic carbocycles. The van der Waals surface area contributed by atoms with E-state index in [0.717, 1.165) is 16.8 Å².